The summed E-state index contributed by atoms with van der Waals surface area (Å²) in [6, 6.07) is 8.96. The minimum Gasteiger partial charge on any atom is -0.395 e. The first-order valence-electron chi connectivity index (χ1n) is 12.9. The number of amides is 1. The SMILES string of the molecule is Cc1cc2ncnn2cc1-c1[nH]c2ccc(C3CCN(CC(=O)N(C)CCO)CC3)cc2c1C(C)C. The topological polar surface area (TPSA) is 89.8 Å². The zero-order valence-corrected chi connectivity index (χ0v) is 21.7. The first kappa shape index (κ1) is 24.5. The van der Waals surface area contributed by atoms with Crippen LogP contribution in [0.5, 0.6) is 0 Å². The Balaban J connectivity index is 1.40. The van der Waals surface area contributed by atoms with Gasteiger partial charge in [-0.05, 0) is 79.6 Å². The van der Waals surface area contributed by atoms with Gasteiger partial charge in [0.25, 0.3) is 0 Å². The summed E-state index contributed by atoms with van der Waals surface area (Å²) in [6.45, 7) is 9.28. The molecule has 5 rings (SSSR count). The van der Waals surface area contributed by atoms with Crippen molar-refractivity contribution in [3.8, 4) is 11.3 Å². The van der Waals surface area contributed by atoms with Gasteiger partial charge >= 0.3 is 0 Å². The second kappa shape index (κ2) is 10.0. The zero-order chi connectivity index (χ0) is 25.4. The van der Waals surface area contributed by atoms with E-state index in [1.54, 1.807) is 18.3 Å². The fourth-order valence-electron chi connectivity index (χ4n) is 5.53. The Hall–Kier alpha value is -3.23. The summed E-state index contributed by atoms with van der Waals surface area (Å²) in [7, 11) is 1.75. The number of aliphatic hydroxyl groups excluding tert-OH is 1. The number of rotatable bonds is 7. The molecule has 1 aromatic carbocycles. The Morgan fingerprint density at radius 2 is 2.03 bits per heavy atom. The van der Waals surface area contributed by atoms with Crippen LogP contribution in [0.4, 0.5) is 0 Å². The fraction of sp³-hybridized carbons (Fsp3) is 0.464. The maximum Gasteiger partial charge on any atom is 0.236 e. The number of hydrogen-bond donors (Lipinski definition) is 2. The van der Waals surface area contributed by atoms with Gasteiger partial charge in [0.05, 0.1) is 18.8 Å². The number of likely N-dealkylation sites (tertiary alicyclic amines) is 1. The van der Waals surface area contributed by atoms with Crippen molar-refractivity contribution >= 4 is 22.5 Å². The highest BCUT2D eigenvalue weighted by Crippen LogP contribution is 2.39. The number of aromatic amines is 1. The molecular formula is C28H36N6O2. The number of carbonyl (C=O) groups is 1. The minimum absolute atomic E-state index is 0.000647. The number of fused-ring (bicyclic) bond motifs is 2. The fourth-order valence-corrected chi connectivity index (χ4v) is 5.53. The first-order valence-corrected chi connectivity index (χ1v) is 12.9. The van der Waals surface area contributed by atoms with Crippen molar-refractivity contribution in [3.05, 3.63) is 53.5 Å². The lowest BCUT2D eigenvalue weighted by molar-refractivity contribution is -0.131. The van der Waals surface area contributed by atoms with Gasteiger partial charge in [0, 0.05) is 36.3 Å². The third-order valence-electron chi connectivity index (χ3n) is 7.61. The average molecular weight is 489 g/mol. The largest absolute Gasteiger partial charge is 0.395 e. The van der Waals surface area contributed by atoms with Crippen molar-refractivity contribution in [3.63, 3.8) is 0 Å². The summed E-state index contributed by atoms with van der Waals surface area (Å²) in [5, 5.41) is 14.7. The zero-order valence-electron chi connectivity index (χ0n) is 21.7. The predicted molar refractivity (Wildman–Crippen MR) is 142 cm³/mol. The van der Waals surface area contributed by atoms with Crippen LogP contribution in [0.2, 0.25) is 0 Å². The number of pyridine rings is 1. The number of nitrogens with one attached hydrogen (secondary N) is 1. The number of aryl methyl sites for hydroxylation is 1. The standard InChI is InChI=1S/C28H36N6O2/c1-18(2)27-22-14-21(20-7-9-33(10-8-20)16-26(36)32(4)11-12-35)5-6-24(22)31-28(27)23-15-34-25(13-19(23)3)29-17-30-34/h5-6,13-15,17-18,20,31,35H,7-12,16H2,1-4H3. The van der Waals surface area contributed by atoms with Gasteiger partial charge in [-0.3, -0.25) is 9.69 Å². The Morgan fingerprint density at radius 1 is 1.25 bits per heavy atom. The number of benzene rings is 1. The predicted octanol–water partition coefficient (Wildman–Crippen LogP) is 3.94. The molecule has 0 unspecified atom stereocenters. The van der Waals surface area contributed by atoms with E-state index in [1.807, 2.05) is 4.52 Å². The Bertz CT molecular complexity index is 1380. The van der Waals surface area contributed by atoms with Crippen LogP contribution >= 0.6 is 0 Å². The molecule has 0 bridgehead atoms. The van der Waals surface area contributed by atoms with Crippen LogP contribution in [0.15, 0.2) is 36.8 Å². The normalized spacial score (nSPS) is 15.4. The number of likely N-dealkylation sites (N-methyl/N-ethyl adjacent to an activating group) is 1. The Labute approximate surface area is 211 Å². The summed E-state index contributed by atoms with van der Waals surface area (Å²) >= 11 is 0. The monoisotopic (exact) mass is 488 g/mol. The van der Waals surface area contributed by atoms with E-state index in [9.17, 15) is 4.79 Å². The van der Waals surface area contributed by atoms with Gasteiger partial charge in [0.15, 0.2) is 5.65 Å². The highest BCUT2D eigenvalue weighted by Gasteiger charge is 2.25. The second-order valence-corrected chi connectivity index (χ2v) is 10.4. The lowest BCUT2D eigenvalue weighted by atomic mass is 9.87. The number of piperidine rings is 1. The van der Waals surface area contributed by atoms with Crippen molar-refractivity contribution in [1.29, 1.82) is 0 Å². The van der Waals surface area contributed by atoms with Crippen LogP contribution in [0.3, 0.4) is 0 Å². The summed E-state index contributed by atoms with van der Waals surface area (Å²) < 4.78 is 1.84. The highest BCUT2D eigenvalue weighted by atomic mass is 16.3. The number of aliphatic hydroxyl groups is 1. The molecule has 36 heavy (non-hydrogen) atoms. The van der Waals surface area contributed by atoms with E-state index in [0.717, 1.165) is 48.4 Å². The molecule has 4 aromatic rings. The molecular weight excluding hydrogens is 452 g/mol. The van der Waals surface area contributed by atoms with E-state index in [0.29, 0.717) is 24.9 Å². The van der Waals surface area contributed by atoms with Crippen molar-refractivity contribution in [1.82, 2.24) is 29.4 Å². The van der Waals surface area contributed by atoms with Crippen molar-refractivity contribution in [2.24, 2.45) is 0 Å². The molecule has 0 atom stereocenters. The second-order valence-electron chi connectivity index (χ2n) is 10.4. The summed E-state index contributed by atoms with van der Waals surface area (Å²) in [6.07, 6.45) is 5.75. The molecule has 0 saturated carbocycles. The molecule has 0 aliphatic carbocycles. The van der Waals surface area contributed by atoms with Gasteiger partial charge in [0.1, 0.15) is 6.33 Å². The molecule has 3 aromatic heterocycles. The van der Waals surface area contributed by atoms with E-state index >= 15 is 0 Å². The van der Waals surface area contributed by atoms with E-state index < -0.39 is 0 Å². The van der Waals surface area contributed by atoms with E-state index in [4.69, 9.17) is 5.11 Å². The maximum absolute atomic E-state index is 12.4. The van der Waals surface area contributed by atoms with Gasteiger partial charge < -0.3 is 15.0 Å². The molecule has 2 N–H and O–H groups in total. The summed E-state index contributed by atoms with van der Waals surface area (Å²) in [5.74, 6) is 0.922. The molecule has 190 valence electrons. The first-order chi connectivity index (χ1) is 17.4. The van der Waals surface area contributed by atoms with E-state index in [1.165, 1.54) is 22.1 Å². The molecule has 4 heterocycles. The highest BCUT2D eigenvalue weighted by molar-refractivity contribution is 5.92. The van der Waals surface area contributed by atoms with Gasteiger partial charge in [-0.2, -0.15) is 5.10 Å². The molecule has 1 aliphatic rings. The van der Waals surface area contributed by atoms with Crippen molar-refractivity contribution in [2.75, 3.05) is 39.8 Å². The van der Waals surface area contributed by atoms with Crippen LogP contribution < -0.4 is 0 Å². The lowest BCUT2D eigenvalue weighted by Gasteiger charge is -2.32. The number of aromatic nitrogens is 4. The minimum atomic E-state index is 0.000647. The number of hydrogen-bond acceptors (Lipinski definition) is 5. The van der Waals surface area contributed by atoms with Crippen LogP contribution in [0, 0.1) is 6.92 Å². The average Bonchev–Trinajstić information content (AvgIpc) is 3.47. The molecule has 0 radical (unpaired) electrons. The summed E-state index contributed by atoms with van der Waals surface area (Å²) in [4.78, 5) is 24.2. The van der Waals surface area contributed by atoms with E-state index in [-0.39, 0.29) is 12.5 Å². The molecule has 1 amide bonds. The van der Waals surface area contributed by atoms with Gasteiger partial charge in [-0.1, -0.05) is 19.9 Å². The number of nitrogens with zero attached hydrogens (tertiary/aromatic N) is 5. The molecule has 8 nitrogen and oxygen atoms in total. The molecule has 0 spiro atoms. The molecule has 1 fully saturated rings. The Kier molecular flexibility index (Phi) is 6.81. The third kappa shape index (κ3) is 4.63. The molecule has 1 saturated heterocycles. The maximum atomic E-state index is 12.4. The smallest absolute Gasteiger partial charge is 0.236 e. The quantitative estimate of drug-likeness (QED) is 0.411. The van der Waals surface area contributed by atoms with Crippen LogP contribution in [-0.2, 0) is 4.79 Å². The van der Waals surface area contributed by atoms with Crippen LogP contribution in [-0.4, -0.2) is 80.2 Å². The molecule has 1 aliphatic heterocycles. The van der Waals surface area contributed by atoms with Crippen LogP contribution in [0.1, 0.15) is 55.2 Å². The summed E-state index contributed by atoms with van der Waals surface area (Å²) in [5.41, 5.74) is 8.21. The van der Waals surface area contributed by atoms with Gasteiger partial charge in [-0.15, -0.1) is 0 Å². The Morgan fingerprint density at radius 3 is 2.75 bits per heavy atom. The third-order valence-corrected chi connectivity index (χ3v) is 7.61. The lowest BCUT2D eigenvalue weighted by Crippen LogP contribution is -2.42. The van der Waals surface area contributed by atoms with Crippen molar-refractivity contribution < 1.29 is 9.90 Å². The van der Waals surface area contributed by atoms with Crippen LogP contribution in [0.25, 0.3) is 27.8 Å². The van der Waals surface area contributed by atoms with Gasteiger partial charge in [-0.25, -0.2) is 9.50 Å². The van der Waals surface area contributed by atoms with Gasteiger partial charge in [0.2, 0.25) is 5.91 Å². The van der Waals surface area contributed by atoms with E-state index in [2.05, 4.69) is 71.2 Å². The molecule has 8 heteroatoms. The number of carbonyl (C=O) groups excluding carboxylic acids is 1. The number of H-pyrrole nitrogens is 1. The van der Waals surface area contributed by atoms with Crippen molar-refractivity contribution in [2.45, 2.75) is 45.4 Å².